The van der Waals surface area contributed by atoms with Crippen LogP contribution in [0.2, 0.25) is 0 Å². The highest BCUT2D eigenvalue weighted by molar-refractivity contribution is 5.80. The number of carbonyl (C=O) groups is 2. The molecule has 2 heterocycles. The minimum Gasteiger partial charge on any atom is -0.492 e. The van der Waals surface area contributed by atoms with Gasteiger partial charge in [0.05, 0.1) is 12.5 Å². The summed E-state index contributed by atoms with van der Waals surface area (Å²) in [7, 11) is 0. The third-order valence-electron chi connectivity index (χ3n) is 5.61. The Morgan fingerprint density at radius 2 is 1.69 bits per heavy atom. The Kier molecular flexibility index (Phi) is 6.10. The molecule has 2 aliphatic rings. The lowest BCUT2D eigenvalue weighted by Gasteiger charge is -2.37. The van der Waals surface area contributed by atoms with Crippen LogP contribution in [0.3, 0.4) is 0 Å². The highest BCUT2D eigenvalue weighted by Crippen LogP contribution is 2.27. The zero-order valence-electron chi connectivity index (χ0n) is 16.5. The Hall–Kier alpha value is -2.86. The molecule has 2 aromatic rings. The number of nitrogens with one attached hydrogen (secondary N) is 1. The van der Waals surface area contributed by atoms with Crippen LogP contribution in [0.4, 0.5) is 0 Å². The van der Waals surface area contributed by atoms with Crippen molar-refractivity contribution in [3.8, 4) is 5.75 Å². The molecule has 0 radical (unpaired) electrons. The fourth-order valence-electron chi connectivity index (χ4n) is 3.93. The third kappa shape index (κ3) is 4.95. The lowest BCUT2D eigenvalue weighted by Crippen LogP contribution is -2.53. The Bertz CT molecular complexity index is 847. The number of rotatable bonds is 5. The van der Waals surface area contributed by atoms with Gasteiger partial charge >= 0.3 is 0 Å². The topological polar surface area (TPSA) is 61.9 Å². The van der Waals surface area contributed by atoms with Crippen LogP contribution in [-0.4, -0.2) is 60.9 Å². The average molecular weight is 393 g/mol. The van der Waals surface area contributed by atoms with Crippen molar-refractivity contribution < 1.29 is 14.3 Å². The van der Waals surface area contributed by atoms with E-state index in [1.807, 2.05) is 59.5 Å². The first-order valence-corrected chi connectivity index (χ1v) is 10.2. The first-order valence-electron chi connectivity index (χ1n) is 10.2. The van der Waals surface area contributed by atoms with E-state index in [0.717, 1.165) is 23.3 Å². The molecule has 0 bridgehead atoms. The molecule has 2 amide bonds. The van der Waals surface area contributed by atoms with Crippen molar-refractivity contribution in [3.05, 3.63) is 65.7 Å². The van der Waals surface area contributed by atoms with Gasteiger partial charge in [-0.25, -0.2) is 0 Å². The monoisotopic (exact) mass is 393 g/mol. The van der Waals surface area contributed by atoms with Crippen LogP contribution in [0.5, 0.6) is 5.75 Å². The Labute approximate surface area is 171 Å². The van der Waals surface area contributed by atoms with Crippen LogP contribution >= 0.6 is 0 Å². The number of benzene rings is 2. The largest absolute Gasteiger partial charge is 0.492 e. The quantitative estimate of drug-likeness (QED) is 0.840. The van der Waals surface area contributed by atoms with E-state index in [9.17, 15) is 9.59 Å². The molecular formula is C23H27N3O3. The second kappa shape index (κ2) is 9.09. The molecule has 0 spiro atoms. The second-order valence-electron chi connectivity index (χ2n) is 7.68. The second-order valence-corrected chi connectivity index (χ2v) is 7.68. The van der Waals surface area contributed by atoms with E-state index in [2.05, 4.69) is 10.2 Å². The van der Waals surface area contributed by atoms with Gasteiger partial charge in [-0.2, -0.15) is 0 Å². The molecular weight excluding hydrogens is 366 g/mol. The summed E-state index contributed by atoms with van der Waals surface area (Å²) in [6.45, 7) is 4.10. The normalized spacial score (nSPS) is 19.2. The van der Waals surface area contributed by atoms with Crippen molar-refractivity contribution >= 4 is 11.8 Å². The summed E-state index contributed by atoms with van der Waals surface area (Å²) in [4.78, 5) is 29.1. The number of hydrogen-bond acceptors (Lipinski definition) is 4. The van der Waals surface area contributed by atoms with Gasteiger partial charge in [0.2, 0.25) is 11.8 Å². The maximum Gasteiger partial charge on any atom is 0.234 e. The number of amides is 2. The van der Waals surface area contributed by atoms with Crippen molar-refractivity contribution in [1.29, 1.82) is 0 Å². The molecule has 152 valence electrons. The first-order chi connectivity index (χ1) is 14.2. The van der Waals surface area contributed by atoms with E-state index in [0.29, 0.717) is 45.9 Å². The van der Waals surface area contributed by atoms with Gasteiger partial charge in [0.25, 0.3) is 0 Å². The van der Waals surface area contributed by atoms with E-state index in [1.54, 1.807) is 0 Å². The van der Waals surface area contributed by atoms with Gasteiger partial charge in [0.1, 0.15) is 12.4 Å². The van der Waals surface area contributed by atoms with E-state index in [4.69, 9.17) is 4.74 Å². The molecule has 0 aromatic heterocycles. The van der Waals surface area contributed by atoms with Crippen LogP contribution in [0.15, 0.2) is 54.6 Å². The van der Waals surface area contributed by atoms with Crippen molar-refractivity contribution in [2.24, 2.45) is 5.92 Å². The van der Waals surface area contributed by atoms with Crippen molar-refractivity contribution in [3.63, 3.8) is 0 Å². The summed E-state index contributed by atoms with van der Waals surface area (Å²) in [6.07, 6.45) is 0.733. The van der Waals surface area contributed by atoms with E-state index >= 15 is 0 Å². The van der Waals surface area contributed by atoms with Gasteiger partial charge in [-0.1, -0.05) is 48.5 Å². The lowest BCUT2D eigenvalue weighted by atomic mass is 9.95. The maximum atomic E-state index is 12.9. The fourth-order valence-corrected chi connectivity index (χ4v) is 3.93. The number of hydrogen-bond donors (Lipinski definition) is 1. The molecule has 2 aliphatic heterocycles. The number of carbonyl (C=O) groups excluding carboxylic acids is 2. The van der Waals surface area contributed by atoms with Crippen molar-refractivity contribution in [2.45, 2.75) is 13.0 Å². The minimum absolute atomic E-state index is 0.0194. The number of ether oxygens (including phenoxy) is 1. The first kappa shape index (κ1) is 19.5. The molecule has 1 N–H and O–H groups in total. The molecule has 0 aliphatic carbocycles. The summed E-state index contributed by atoms with van der Waals surface area (Å²) in [5.74, 6) is 0.951. The van der Waals surface area contributed by atoms with Crippen LogP contribution in [0.1, 0.15) is 11.1 Å². The van der Waals surface area contributed by atoms with E-state index in [1.165, 1.54) is 0 Å². The molecule has 1 fully saturated rings. The van der Waals surface area contributed by atoms with E-state index in [-0.39, 0.29) is 17.7 Å². The van der Waals surface area contributed by atoms with Gasteiger partial charge in [-0.15, -0.1) is 0 Å². The highest BCUT2D eigenvalue weighted by Gasteiger charge is 2.31. The zero-order chi connectivity index (χ0) is 20.1. The van der Waals surface area contributed by atoms with Crippen LogP contribution in [0, 0.1) is 5.92 Å². The van der Waals surface area contributed by atoms with E-state index < -0.39 is 0 Å². The molecule has 2 aromatic carbocycles. The maximum absolute atomic E-state index is 12.9. The molecule has 29 heavy (non-hydrogen) atoms. The molecule has 4 rings (SSSR count). The standard InChI is InChI=1S/C23H27N3O3/c27-22(24-15-18-6-2-1-3-7-18)16-25-10-12-26(13-11-25)23(28)20-14-19-8-4-5-9-21(19)29-17-20/h1-9,20H,10-17H2,(H,24,27). The Morgan fingerprint density at radius 1 is 0.966 bits per heavy atom. The molecule has 1 saturated heterocycles. The summed E-state index contributed by atoms with van der Waals surface area (Å²) in [5, 5.41) is 2.96. The third-order valence-corrected chi connectivity index (χ3v) is 5.61. The summed E-state index contributed by atoms with van der Waals surface area (Å²) in [6, 6.07) is 17.8. The summed E-state index contributed by atoms with van der Waals surface area (Å²) < 4.78 is 5.77. The Morgan fingerprint density at radius 3 is 2.48 bits per heavy atom. The number of nitrogens with zero attached hydrogens (tertiary/aromatic N) is 2. The molecule has 6 nitrogen and oxygen atoms in total. The van der Waals surface area contributed by atoms with Crippen LogP contribution in [0.25, 0.3) is 0 Å². The number of piperazine rings is 1. The van der Waals surface area contributed by atoms with Crippen molar-refractivity contribution in [2.75, 3.05) is 39.3 Å². The highest BCUT2D eigenvalue weighted by atomic mass is 16.5. The predicted octanol–water partition coefficient (Wildman–Crippen LogP) is 1.70. The minimum atomic E-state index is -0.120. The number of fused-ring (bicyclic) bond motifs is 1. The molecule has 1 unspecified atom stereocenters. The van der Waals surface area contributed by atoms with Crippen molar-refractivity contribution in [1.82, 2.24) is 15.1 Å². The number of para-hydroxylation sites is 1. The molecule has 0 saturated carbocycles. The van der Waals surface area contributed by atoms with Crippen LogP contribution < -0.4 is 10.1 Å². The Balaban J connectivity index is 1.21. The predicted molar refractivity (Wildman–Crippen MR) is 110 cm³/mol. The van der Waals surface area contributed by atoms with Crippen LogP contribution in [-0.2, 0) is 22.6 Å². The fraction of sp³-hybridized carbons (Fsp3) is 0.391. The molecule has 6 heteroatoms. The lowest BCUT2D eigenvalue weighted by molar-refractivity contribution is -0.138. The van der Waals surface area contributed by atoms with Gasteiger partial charge in [0, 0.05) is 32.7 Å². The SMILES string of the molecule is O=C(CN1CCN(C(=O)C2COc3ccccc3C2)CC1)NCc1ccccc1. The average Bonchev–Trinajstić information content (AvgIpc) is 2.78. The van der Waals surface area contributed by atoms with Gasteiger partial charge in [-0.05, 0) is 23.6 Å². The summed E-state index contributed by atoms with van der Waals surface area (Å²) >= 11 is 0. The van der Waals surface area contributed by atoms with Gasteiger partial charge in [-0.3, -0.25) is 14.5 Å². The van der Waals surface area contributed by atoms with Gasteiger partial charge in [0.15, 0.2) is 0 Å². The smallest absolute Gasteiger partial charge is 0.234 e. The van der Waals surface area contributed by atoms with Gasteiger partial charge < -0.3 is 15.0 Å². The zero-order valence-corrected chi connectivity index (χ0v) is 16.5. The molecule has 1 atom stereocenters. The summed E-state index contributed by atoms with van der Waals surface area (Å²) in [5.41, 5.74) is 2.19.